The molecule has 3 saturated heterocycles. The van der Waals surface area contributed by atoms with Crippen molar-refractivity contribution >= 4 is 30.0 Å². The van der Waals surface area contributed by atoms with Crippen LogP contribution in [0.4, 0.5) is 9.59 Å². The maximum Gasteiger partial charge on any atom is 0.408 e. The highest BCUT2D eigenvalue weighted by molar-refractivity contribution is 5.87. The Labute approximate surface area is 403 Å². The molecule has 0 spiro atoms. The molecular formula is C50H79N3O15. The second-order valence-electron chi connectivity index (χ2n) is 21.5. The molecule has 0 radical (unpaired) electrons. The van der Waals surface area contributed by atoms with Gasteiger partial charge >= 0.3 is 24.1 Å². The van der Waals surface area contributed by atoms with Crippen LogP contribution in [-0.4, -0.2) is 147 Å². The number of amides is 3. The number of hydrogen-bond acceptors (Lipinski definition) is 14. The van der Waals surface area contributed by atoms with Crippen LogP contribution in [0.5, 0.6) is 0 Å². The van der Waals surface area contributed by atoms with Crippen molar-refractivity contribution in [1.82, 2.24) is 15.5 Å². The molecule has 3 aliphatic carbocycles. The summed E-state index contributed by atoms with van der Waals surface area (Å²) in [5, 5.41) is 14.4. The fourth-order valence-corrected chi connectivity index (χ4v) is 10.4. The number of carbonyl (C=O) groups is 5. The lowest BCUT2D eigenvalue weighted by molar-refractivity contribution is -0.234. The third-order valence-corrected chi connectivity index (χ3v) is 13.5. The number of aliphatic carboxylic acids is 1. The van der Waals surface area contributed by atoms with Gasteiger partial charge in [0.15, 0.2) is 5.79 Å². The molecule has 68 heavy (non-hydrogen) atoms. The minimum Gasteiger partial charge on any atom is -0.480 e. The average Bonchev–Trinajstić information content (AvgIpc) is 4.11. The lowest BCUT2D eigenvalue weighted by Gasteiger charge is -2.38. The number of alkyl carbamates (subject to hydrolysis) is 2. The average molecular weight is 962 g/mol. The van der Waals surface area contributed by atoms with Crippen LogP contribution in [0.1, 0.15) is 120 Å². The summed E-state index contributed by atoms with van der Waals surface area (Å²) >= 11 is 0. The number of esters is 1. The SMILES string of the molecule is C#C[C@@H]1CC(C(=O)OC(C)(C)C)[C@H]2[C@@H]1OCC2(OC)OC.C#C[C@@H]1CN(C(=O)[C@@H](NC(=O)OC(C)(C)C)C2CCCC2)[C@H]2[C@@H]1OCC2(OC)OC.CC(C)(C)OC(=O)N[C@H](C(=O)O)C1CCCC1. The Balaban J connectivity index is 0.000000233. The van der Waals surface area contributed by atoms with Gasteiger partial charge in [0.1, 0.15) is 48.1 Å². The predicted molar refractivity (Wildman–Crippen MR) is 248 cm³/mol. The molecule has 0 aromatic heterocycles. The molecule has 3 amide bonds. The molecule has 3 heterocycles. The summed E-state index contributed by atoms with van der Waals surface area (Å²) in [5.41, 5.74) is -1.80. The van der Waals surface area contributed by atoms with E-state index in [1.807, 2.05) is 20.8 Å². The van der Waals surface area contributed by atoms with Crippen LogP contribution in [0.25, 0.3) is 0 Å². The molecule has 384 valence electrons. The molecule has 6 rings (SSSR count). The summed E-state index contributed by atoms with van der Waals surface area (Å²) in [6, 6.07) is -2.00. The smallest absolute Gasteiger partial charge is 0.408 e. The van der Waals surface area contributed by atoms with Gasteiger partial charge in [-0.15, -0.1) is 18.8 Å². The quantitative estimate of drug-likeness (QED) is 0.0984. The zero-order valence-electron chi connectivity index (χ0n) is 42.6. The van der Waals surface area contributed by atoms with Crippen molar-refractivity contribution in [2.75, 3.05) is 48.2 Å². The highest BCUT2D eigenvalue weighted by atomic mass is 16.7. The van der Waals surface area contributed by atoms with E-state index in [0.717, 1.165) is 51.4 Å². The molecular weight excluding hydrogens is 883 g/mol. The first-order chi connectivity index (χ1) is 31.7. The van der Waals surface area contributed by atoms with Gasteiger partial charge in [0, 0.05) is 40.9 Å². The highest BCUT2D eigenvalue weighted by Crippen LogP contribution is 2.51. The first-order valence-electron chi connectivity index (χ1n) is 23.8. The predicted octanol–water partition coefficient (Wildman–Crippen LogP) is 5.67. The number of methoxy groups -OCH3 is 4. The van der Waals surface area contributed by atoms with Gasteiger partial charge in [0.25, 0.3) is 0 Å². The summed E-state index contributed by atoms with van der Waals surface area (Å²) in [5.74, 6) is 1.08. The molecule has 1 unspecified atom stereocenters. The Kier molecular flexibility index (Phi) is 19.2. The standard InChI is InChI=1S/C22H34N2O6.C16H24O5.C12H21NO4/c1-7-14-12-24(18-17(14)29-13-22(18,27-5)28-6)19(25)16(15-10-8-9-11-15)23-20(26)30-21(2,3)4;1-7-10-8-11(14(17)21-15(2,3)4)12-13(10)20-9-16(12,18-5)19-6;1-12(2,3)17-11(16)13-9(10(14)15)8-6-4-5-7-8/h1,14-18H,8-13H2,2-6H3,(H,23,26);1,10-13H,8-9H2,2-6H3;8-9H,4-7H2,1-3H3,(H,13,16)(H,14,15)/t14-,16+,17-,18+;10-,11?,12+,13-;9-/m110/s1. The molecule has 3 saturated carbocycles. The van der Waals surface area contributed by atoms with Gasteiger partial charge in [0.2, 0.25) is 11.7 Å². The van der Waals surface area contributed by atoms with Gasteiger partial charge in [-0.2, -0.15) is 0 Å². The van der Waals surface area contributed by atoms with E-state index < -0.39 is 64.7 Å². The molecule has 9 atom stereocenters. The van der Waals surface area contributed by atoms with Crippen LogP contribution in [0.15, 0.2) is 0 Å². The Hall–Kier alpha value is -4.17. The zero-order chi connectivity index (χ0) is 51.0. The molecule has 6 aliphatic rings. The van der Waals surface area contributed by atoms with Crippen LogP contribution < -0.4 is 10.6 Å². The van der Waals surface area contributed by atoms with Crippen LogP contribution >= 0.6 is 0 Å². The number of nitrogens with zero attached hydrogens (tertiary/aromatic N) is 1. The van der Waals surface area contributed by atoms with E-state index in [9.17, 15) is 24.0 Å². The van der Waals surface area contributed by atoms with E-state index in [2.05, 4.69) is 22.5 Å². The van der Waals surface area contributed by atoms with Crippen molar-refractivity contribution in [1.29, 1.82) is 0 Å². The zero-order valence-corrected chi connectivity index (χ0v) is 42.6. The first-order valence-corrected chi connectivity index (χ1v) is 23.8. The minimum atomic E-state index is -1.09. The van der Waals surface area contributed by atoms with Gasteiger partial charge < -0.3 is 63.3 Å². The number of carbonyl (C=O) groups excluding carboxylic acids is 4. The Morgan fingerprint density at radius 3 is 1.50 bits per heavy atom. The van der Waals surface area contributed by atoms with Gasteiger partial charge in [-0.1, -0.05) is 31.6 Å². The third-order valence-electron chi connectivity index (χ3n) is 13.5. The normalized spacial score (nSPS) is 28.2. The van der Waals surface area contributed by atoms with Crippen LogP contribution in [0.3, 0.4) is 0 Å². The summed E-state index contributed by atoms with van der Waals surface area (Å²) in [7, 11) is 6.19. The Bertz CT molecular complexity index is 1820. The maximum absolute atomic E-state index is 13.8. The molecule has 6 fully saturated rings. The Morgan fingerprint density at radius 1 is 0.647 bits per heavy atom. The molecule has 18 nitrogen and oxygen atoms in total. The number of hydrogen-bond donors (Lipinski definition) is 3. The summed E-state index contributed by atoms with van der Waals surface area (Å²) in [4.78, 5) is 63.2. The number of nitrogens with one attached hydrogen (secondary N) is 2. The third kappa shape index (κ3) is 13.8. The number of likely N-dealkylation sites (tertiary alicyclic amines) is 1. The summed E-state index contributed by atoms with van der Waals surface area (Å²) in [6.07, 6.45) is 17.6. The van der Waals surface area contributed by atoms with Crippen molar-refractivity contribution in [3.63, 3.8) is 0 Å². The van der Waals surface area contributed by atoms with Crippen molar-refractivity contribution in [3.8, 4) is 24.7 Å². The minimum absolute atomic E-state index is 0.0278. The number of terminal acetylenes is 2. The highest BCUT2D eigenvalue weighted by Gasteiger charge is 2.64. The number of fused-ring (bicyclic) bond motifs is 2. The van der Waals surface area contributed by atoms with E-state index in [1.165, 1.54) is 14.2 Å². The Morgan fingerprint density at radius 2 is 1.07 bits per heavy atom. The van der Waals surface area contributed by atoms with Crippen molar-refractivity contribution < 1.29 is 71.7 Å². The van der Waals surface area contributed by atoms with Gasteiger partial charge in [-0.3, -0.25) is 9.59 Å². The topological polar surface area (TPSA) is 216 Å². The molecule has 3 N–H and O–H groups in total. The molecule has 3 aliphatic heterocycles. The van der Waals surface area contributed by atoms with Crippen molar-refractivity contribution in [2.45, 2.75) is 179 Å². The first kappa shape index (κ1) is 56.4. The van der Waals surface area contributed by atoms with Gasteiger partial charge in [-0.25, -0.2) is 14.4 Å². The van der Waals surface area contributed by atoms with E-state index >= 15 is 0 Å². The lowest BCUT2D eigenvalue weighted by Crippen LogP contribution is -2.60. The van der Waals surface area contributed by atoms with Crippen molar-refractivity contribution in [3.05, 3.63) is 0 Å². The van der Waals surface area contributed by atoms with Crippen LogP contribution in [0, 0.1) is 60.2 Å². The van der Waals surface area contributed by atoms with Crippen LogP contribution in [-0.2, 0) is 57.0 Å². The monoisotopic (exact) mass is 962 g/mol. The van der Waals surface area contributed by atoms with Crippen LogP contribution in [0.2, 0.25) is 0 Å². The number of carboxylic acids is 1. The second kappa shape index (κ2) is 23.2. The molecule has 18 heteroatoms. The van der Waals surface area contributed by atoms with E-state index in [0.29, 0.717) is 13.0 Å². The second-order valence-corrected chi connectivity index (χ2v) is 21.5. The van der Waals surface area contributed by atoms with Gasteiger partial charge in [-0.05, 0) is 106 Å². The molecule has 0 bridgehead atoms. The number of ether oxygens (including phenoxy) is 9. The molecule has 0 aromatic rings. The van der Waals surface area contributed by atoms with E-state index in [4.69, 9.17) is 60.6 Å². The van der Waals surface area contributed by atoms with Gasteiger partial charge in [0.05, 0.1) is 30.0 Å². The fourth-order valence-electron chi connectivity index (χ4n) is 10.4. The van der Waals surface area contributed by atoms with E-state index in [1.54, 1.807) is 60.7 Å². The largest absolute Gasteiger partial charge is 0.480 e. The fraction of sp³-hybridized carbons (Fsp3) is 0.820. The lowest BCUT2D eigenvalue weighted by atomic mass is 9.88. The number of rotatable bonds is 11. The number of carboxylic acid groups (broad SMARTS) is 1. The summed E-state index contributed by atoms with van der Waals surface area (Å²) in [6.45, 7) is 17.0. The maximum atomic E-state index is 13.8. The summed E-state index contributed by atoms with van der Waals surface area (Å²) < 4.78 is 50.1. The van der Waals surface area contributed by atoms with Crippen molar-refractivity contribution in [2.24, 2.45) is 35.5 Å². The molecule has 0 aromatic carbocycles. The van der Waals surface area contributed by atoms with E-state index in [-0.39, 0.29) is 72.8 Å².